The highest BCUT2D eigenvalue weighted by atomic mass is 16.5. The van der Waals surface area contributed by atoms with Crippen LogP contribution in [0, 0.1) is 5.92 Å². The van der Waals surface area contributed by atoms with Gasteiger partial charge in [-0.2, -0.15) is 0 Å². The van der Waals surface area contributed by atoms with Gasteiger partial charge in [-0.1, -0.05) is 6.42 Å². The van der Waals surface area contributed by atoms with E-state index in [-0.39, 0.29) is 0 Å². The molecule has 0 N–H and O–H groups in total. The normalized spacial score (nSPS) is 29.5. The van der Waals surface area contributed by atoms with Gasteiger partial charge in [0.05, 0.1) is 6.61 Å². The Kier molecular flexibility index (Phi) is 6.54. The molecule has 0 amide bonds. The molecule has 4 heteroatoms. The van der Waals surface area contributed by atoms with E-state index in [2.05, 4.69) is 21.7 Å². The Morgan fingerprint density at radius 2 is 1.73 bits per heavy atom. The van der Waals surface area contributed by atoms with Crippen LogP contribution >= 0.6 is 0 Å². The second kappa shape index (κ2) is 8.62. The number of hydrogen-bond acceptors (Lipinski definition) is 4. The molecule has 0 saturated carbocycles. The molecule has 3 saturated heterocycles. The minimum Gasteiger partial charge on any atom is -0.381 e. The highest BCUT2D eigenvalue weighted by Crippen LogP contribution is 2.20. The molecule has 128 valence electrons. The average Bonchev–Trinajstić information content (AvgIpc) is 3.07. The molecule has 4 nitrogen and oxygen atoms in total. The third-order valence-electron chi connectivity index (χ3n) is 5.94. The number of ether oxygens (including phenoxy) is 1. The maximum Gasteiger partial charge on any atom is 0.0507 e. The lowest BCUT2D eigenvalue weighted by atomic mass is 10.0. The van der Waals surface area contributed by atoms with Gasteiger partial charge < -0.3 is 19.4 Å². The maximum atomic E-state index is 5.51. The first kappa shape index (κ1) is 16.7. The number of piperidine rings is 2. The van der Waals surface area contributed by atoms with Gasteiger partial charge in [0.15, 0.2) is 0 Å². The van der Waals surface area contributed by atoms with Crippen molar-refractivity contribution in [2.24, 2.45) is 5.92 Å². The Hall–Kier alpha value is -0.160. The Morgan fingerprint density at radius 1 is 0.955 bits per heavy atom. The summed E-state index contributed by atoms with van der Waals surface area (Å²) < 4.78 is 5.51. The molecule has 0 aromatic carbocycles. The predicted molar refractivity (Wildman–Crippen MR) is 91.3 cm³/mol. The minimum atomic E-state index is 0.799. The van der Waals surface area contributed by atoms with Crippen LogP contribution in [0.3, 0.4) is 0 Å². The first-order valence-electron chi connectivity index (χ1n) is 9.54. The summed E-state index contributed by atoms with van der Waals surface area (Å²) in [6, 6.07) is 0.806. The van der Waals surface area contributed by atoms with Gasteiger partial charge in [-0.15, -0.1) is 0 Å². The van der Waals surface area contributed by atoms with Crippen LogP contribution in [-0.4, -0.2) is 86.8 Å². The van der Waals surface area contributed by atoms with E-state index in [4.69, 9.17) is 4.74 Å². The van der Waals surface area contributed by atoms with Gasteiger partial charge in [-0.05, 0) is 71.2 Å². The molecule has 3 aliphatic rings. The first-order valence-corrected chi connectivity index (χ1v) is 9.54. The monoisotopic (exact) mass is 309 g/mol. The molecule has 0 aromatic rings. The lowest BCUT2D eigenvalue weighted by molar-refractivity contribution is 0.0997. The molecule has 1 unspecified atom stereocenters. The number of hydrogen-bond donors (Lipinski definition) is 0. The van der Waals surface area contributed by atoms with E-state index in [0.29, 0.717) is 0 Å². The SMILES string of the molecule is CN(CCN1CCCCC1)C1CCN(CC2CCOC2)CC1. The van der Waals surface area contributed by atoms with Crippen molar-refractivity contribution in [3.05, 3.63) is 0 Å². The molecule has 3 heterocycles. The molecule has 3 aliphatic heterocycles. The molecule has 22 heavy (non-hydrogen) atoms. The first-order chi connectivity index (χ1) is 10.8. The number of likely N-dealkylation sites (N-methyl/N-ethyl adjacent to an activating group) is 1. The number of likely N-dealkylation sites (tertiary alicyclic amines) is 2. The second-order valence-electron chi connectivity index (χ2n) is 7.64. The lowest BCUT2D eigenvalue weighted by Gasteiger charge is -2.38. The van der Waals surface area contributed by atoms with Crippen LogP contribution in [-0.2, 0) is 4.74 Å². The van der Waals surface area contributed by atoms with Crippen molar-refractivity contribution in [1.82, 2.24) is 14.7 Å². The Balaban J connectivity index is 1.31. The zero-order chi connectivity index (χ0) is 15.2. The molecule has 3 rings (SSSR count). The molecule has 0 aliphatic carbocycles. The van der Waals surface area contributed by atoms with Crippen LogP contribution in [0.15, 0.2) is 0 Å². The van der Waals surface area contributed by atoms with E-state index in [0.717, 1.165) is 25.2 Å². The largest absolute Gasteiger partial charge is 0.381 e. The van der Waals surface area contributed by atoms with Crippen molar-refractivity contribution >= 4 is 0 Å². The molecular formula is C18H35N3O. The van der Waals surface area contributed by atoms with Crippen LogP contribution in [0.25, 0.3) is 0 Å². The molecule has 0 spiro atoms. The summed E-state index contributed by atoms with van der Waals surface area (Å²) in [5.41, 5.74) is 0. The third kappa shape index (κ3) is 4.92. The summed E-state index contributed by atoms with van der Waals surface area (Å²) >= 11 is 0. The zero-order valence-electron chi connectivity index (χ0n) is 14.5. The summed E-state index contributed by atoms with van der Waals surface area (Å²) in [5.74, 6) is 0.799. The van der Waals surface area contributed by atoms with E-state index >= 15 is 0 Å². The minimum absolute atomic E-state index is 0.799. The molecule has 3 fully saturated rings. The van der Waals surface area contributed by atoms with Gasteiger partial charge in [0.2, 0.25) is 0 Å². The quantitative estimate of drug-likeness (QED) is 0.746. The zero-order valence-corrected chi connectivity index (χ0v) is 14.5. The lowest BCUT2D eigenvalue weighted by Crippen LogP contribution is -2.47. The van der Waals surface area contributed by atoms with Gasteiger partial charge in [-0.25, -0.2) is 0 Å². The van der Waals surface area contributed by atoms with Gasteiger partial charge in [0.25, 0.3) is 0 Å². The van der Waals surface area contributed by atoms with E-state index in [1.807, 2.05) is 0 Å². The van der Waals surface area contributed by atoms with Crippen LogP contribution < -0.4 is 0 Å². The second-order valence-corrected chi connectivity index (χ2v) is 7.64. The maximum absolute atomic E-state index is 5.51. The van der Waals surface area contributed by atoms with E-state index in [1.165, 1.54) is 84.3 Å². The number of nitrogens with zero attached hydrogens (tertiary/aromatic N) is 3. The molecule has 0 bridgehead atoms. The van der Waals surface area contributed by atoms with E-state index in [1.54, 1.807) is 0 Å². The van der Waals surface area contributed by atoms with Gasteiger partial charge in [0.1, 0.15) is 0 Å². The van der Waals surface area contributed by atoms with Crippen LogP contribution in [0.1, 0.15) is 38.5 Å². The van der Waals surface area contributed by atoms with Gasteiger partial charge in [-0.3, -0.25) is 0 Å². The van der Waals surface area contributed by atoms with Crippen LogP contribution in [0.4, 0.5) is 0 Å². The highest BCUT2D eigenvalue weighted by Gasteiger charge is 2.25. The Morgan fingerprint density at radius 3 is 2.41 bits per heavy atom. The summed E-state index contributed by atoms with van der Waals surface area (Å²) in [5, 5.41) is 0. The Bertz CT molecular complexity index is 305. The fourth-order valence-corrected chi connectivity index (χ4v) is 4.30. The molecule has 1 atom stereocenters. The summed E-state index contributed by atoms with van der Waals surface area (Å²) in [6.45, 7) is 11.0. The van der Waals surface area contributed by atoms with Crippen molar-refractivity contribution in [2.45, 2.75) is 44.6 Å². The van der Waals surface area contributed by atoms with Crippen molar-refractivity contribution < 1.29 is 4.74 Å². The highest BCUT2D eigenvalue weighted by molar-refractivity contribution is 4.81. The Labute approximate surface area is 136 Å². The van der Waals surface area contributed by atoms with Crippen LogP contribution in [0.5, 0.6) is 0 Å². The van der Waals surface area contributed by atoms with Crippen molar-refractivity contribution in [3.63, 3.8) is 0 Å². The molecule has 0 aromatic heterocycles. The van der Waals surface area contributed by atoms with Crippen molar-refractivity contribution in [3.8, 4) is 0 Å². The summed E-state index contributed by atoms with van der Waals surface area (Å²) in [6.07, 6.45) is 8.24. The summed E-state index contributed by atoms with van der Waals surface area (Å²) in [7, 11) is 2.34. The fourth-order valence-electron chi connectivity index (χ4n) is 4.30. The van der Waals surface area contributed by atoms with Gasteiger partial charge >= 0.3 is 0 Å². The van der Waals surface area contributed by atoms with Crippen LogP contribution in [0.2, 0.25) is 0 Å². The van der Waals surface area contributed by atoms with E-state index in [9.17, 15) is 0 Å². The fraction of sp³-hybridized carbons (Fsp3) is 1.00. The van der Waals surface area contributed by atoms with E-state index < -0.39 is 0 Å². The number of rotatable bonds is 6. The molecule has 0 radical (unpaired) electrons. The summed E-state index contributed by atoms with van der Waals surface area (Å²) in [4.78, 5) is 7.97. The predicted octanol–water partition coefficient (Wildman–Crippen LogP) is 1.91. The average molecular weight is 309 g/mol. The third-order valence-corrected chi connectivity index (χ3v) is 5.94. The topological polar surface area (TPSA) is 19.0 Å². The van der Waals surface area contributed by atoms with Crippen molar-refractivity contribution in [2.75, 3.05) is 66.1 Å². The standard InChI is InChI=1S/C18H35N3O/c1-19(12-13-20-8-3-2-4-9-20)18-5-10-21(11-6-18)15-17-7-14-22-16-17/h17-18H,2-16H2,1H3. The smallest absolute Gasteiger partial charge is 0.0507 e. The van der Waals surface area contributed by atoms with Crippen molar-refractivity contribution in [1.29, 1.82) is 0 Å². The molecular weight excluding hydrogens is 274 g/mol. The van der Waals surface area contributed by atoms with Gasteiger partial charge in [0, 0.05) is 32.3 Å².